The Morgan fingerprint density at radius 1 is 1.24 bits per heavy atom. The van der Waals surface area contributed by atoms with Crippen molar-refractivity contribution in [3.8, 4) is 17.2 Å². The molecule has 0 aliphatic heterocycles. The molecule has 0 saturated carbocycles. The van der Waals surface area contributed by atoms with Crippen molar-refractivity contribution in [2.45, 2.75) is 38.5 Å². The molecular formula is C18H17ClN4O2. The Kier molecular flexibility index (Phi) is 4.86. The molecule has 1 aliphatic rings. The van der Waals surface area contributed by atoms with Gasteiger partial charge in [0.05, 0.1) is 4.92 Å². The van der Waals surface area contributed by atoms with Crippen LogP contribution >= 0.6 is 11.6 Å². The first kappa shape index (κ1) is 17.2. The molecule has 0 amide bonds. The van der Waals surface area contributed by atoms with Gasteiger partial charge in [-0.2, -0.15) is 5.26 Å². The SMILES string of the molecule is N#Cc1c(N)nc2c(c1-c1cc([N+](=O)[O-])ccc1Cl)CCCCCC2. The monoisotopic (exact) mass is 356 g/mol. The number of non-ortho nitro benzene ring substituents is 1. The van der Waals surface area contributed by atoms with Crippen molar-refractivity contribution in [3.63, 3.8) is 0 Å². The number of fused-ring (bicyclic) bond motifs is 1. The van der Waals surface area contributed by atoms with Gasteiger partial charge in [-0.15, -0.1) is 0 Å². The second-order valence-electron chi connectivity index (χ2n) is 6.12. The van der Waals surface area contributed by atoms with E-state index in [0.29, 0.717) is 16.1 Å². The van der Waals surface area contributed by atoms with Crippen LogP contribution in [0, 0.1) is 21.4 Å². The Labute approximate surface area is 150 Å². The van der Waals surface area contributed by atoms with Crippen LogP contribution in [0.1, 0.15) is 42.5 Å². The maximum Gasteiger partial charge on any atom is 0.270 e. The third-order valence-corrected chi connectivity index (χ3v) is 4.87. The molecule has 0 spiro atoms. The van der Waals surface area contributed by atoms with Crippen LogP contribution in [0.15, 0.2) is 18.2 Å². The number of nitrogens with zero attached hydrogens (tertiary/aromatic N) is 3. The van der Waals surface area contributed by atoms with Crippen LogP contribution < -0.4 is 5.73 Å². The van der Waals surface area contributed by atoms with Gasteiger partial charge in [-0.1, -0.05) is 24.4 Å². The quantitative estimate of drug-likeness (QED) is 0.633. The summed E-state index contributed by atoms with van der Waals surface area (Å²) in [4.78, 5) is 15.1. The zero-order valence-electron chi connectivity index (χ0n) is 13.6. The number of anilines is 1. The summed E-state index contributed by atoms with van der Waals surface area (Å²) < 4.78 is 0. The summed E-state index contributed by atoms with van der Waals surface area (Å²) in [6.07, 6.45) is 5.76. The van der Waals surface area contributed by atoms with Gasteiger partial charge < -0.3 is 5.73 Å². The van der Waals surface area contributed by atoms with Gasteiger partial charge in [0.2, 0.25) is 0 Å². The van der Waals surface area contributed by atoms with Crippen molar-refractivity contribution >= 4 is 23.1 Å². The second-order valence-corrected chi connectivity index (χ2v) is 6.53. The summed E-state index contributed by atoms with van der Waals surface area (Å²) in [6.45, 7) is 0. The van der Waals surface area contributed by atoms with Gasteiger partial charge in [-0.25, -0.2) is 4.98 Å². The number of aromatic nitrogens is 1. The normalized spacial score (nSPS) is 14.1. The van der Waals surface area contributed by atoms with Crippen molar-refractivity contribution in [1.82, 2.24) is 4.98 Å². The molecular weight excluding hydrogens is 340 g/mol. The standard InChI is InChI=1S/C18H17ClN4O2/c19-15-8-7-11(23(24)25)9-13(15)17-12-5-3-1-2-4-6-16(12)22-18(21)14(17)10-20/h7-9H,1-6H2,(H2,21,22). The molecule has 0 fully saturated rings. The lowest BCUT2D eigenvalue weighted by atomic mass is 9.88. The third-order valence-electron chi connectivity index (χ3n) is 4.54. The van der Waals surface area contributed by atoms with Crippen molar-refractivity contribution in [1.29, 1.82) is 5.26 Å². The topological polar surface area (TPSA) is 106 Å². The van der Waals surface area contributed by atoms with E-state index in [1.807, 2.05) is 0 Å². The summed E-state index contributed by atoms with van der Waals surface area (Å²) in [7, 11) is 0. The molecule has 0 radical (unpaired) electrons. The lowest BCUT2D eigenvalue weighted by Crippen LogP contribution is -2.10. The number of nitro benzene ring substituents is 1. The van der Waals surface area contributed by atoms with E-state index in [4.69, 9.17) is 17.3 Å². The van der Waals surface area contributed by atoms with E-state index >= 15 is 0 Å². The molecule has 0 saturated heterocycles. The molecule has 0 unspecified atom stereocenters. The molecule has 1 aliphatic carbocycles. The number of aryl methyl sites for hydroxylation is 1. The third kappa shape index (κ3) is 3.28. The first-order chi connectivity index (χ1) is 12.0. The van der Waals surface area contributed by atoms with Crippen LogP contribution in [0.25, 0.3) is 11.1 Å². The summed E-state index contributed by atoms with van der Waals surface area (Å²) in [5.41, 5.74) is 9.06. The maximum atomic E-state index is 11.2. The fourth-order valence-electron chi connectivity index (χ4n) is 3.34. The predicted octanol–water partition coefficient (Wildman–Crippen LogP) is 4.42. The fourth-order valence-corrected chi connectivity index (χ4v) is 3.56. The van der Waals surface area contributed by atoms with Crippen molar-refractivity contribution in [2.24, 2.45) is 0 Å². The van der Waals surface area contributed by atoms with Gasteiger partial charge in [0.1, 0.15) is 17.5 Å². The van der Waals surface area contributed by atoms with Crippen molar-refractivity contribution in [3.05, 3.63) is 50.2 Å². The van der Waals surface area contributed by atoms with Gasteiger partial charge in [-0.3, -0.25) is 10.1 Å². The van der Waals surface area contributed by atoms with Crippen LogP contribution in [0.4, 0.5) is 11.5 Å². The van der Waals surface area contributed by atoms with Crippen molar-refractivity contribution in [2.75, 3.05) is 5.73 Å². The Hall–Kier alpha value is -2.65. The summed E-state index contributed by atoms with van der Waals surface area (Å²) in [5.74, 6) is 0.152. The Bertz CT molecular complexity index is 890. The summed E-state index contributed by atoms with van der Waals surface area (Å²) in [6, 6.07) is 6.36. The Morgan fingerprint density at radius 3 is 2.64 bits per heavy atom. The van der Waals surface area contributed by atoms with Gasteiger partial charge in [0.15, 0.2) is 0 Å². The number of halogens is 1. The van der Waals surface area contributed by atoms with Crippen molar-refractivity contribution < 1.29 is 4.92 Å². The van der Waals surface area contributed by atoms with E-state index in [0.717, 1.165) is 49.8 Å². The highest BCUT2D eigenvalue weighted by atomic mass is 35.5. The number of nitrogen functional groups attached to an aromatic ring is 1. The van der Waals surface area contributed by atoms with Crippen LogP contribution in [0.5, 0.6) is 0 Å². The van der Waals surface area contributed by atoms with E-state index in [2.05, 4.69) is 11.1 Å². The van der Waals surface area contributed by atoms with E-state index in [1.165, 1.54) is 18.2 Å². The van der Waals surface area contributed by atoms with Crippen LogP contribution in [0.2, 0.25) is 5.02 Å². The molecule has 7 heteroatoms. The van der Waals surface area contributed by atoms with E-state index in [1.54, 1.807) is 0 Å². The predicted molar refractivity (Wildman–Crippen MR) is 96.3 cm³/mol. The first-order valence-electron chi connectivity index (χ1n) is 8.18. The maximum absolute atomic E-state index is 11.2. The van der Waals surface area contributed by atoms with E-state index in [-0.39, 0.29) is 17.1 Å². The Morgan fingerprint density at radius 2 is 1.96 bits per heavy atom. The molecule has 0 bridgehead atoms. The lowest BCUT2D eigenvalue weighted by Gasteiger charge is -2.20. The van der Waals surface area contributed by atoms with Gasteiger partial charge in [-0.05, 0) is 37.3 Å². The highest BCUT2D eigenvalue weighted by molar-refractivity contribution is 6.33. The second kappa shape index (κ2) is 7.08. The smallest absolute Gasteiger partial charge is 0.270 e. The number of nitro groups is 1. The average Bonchev–Trinajstić information content (AvgIpc) is 2.56. The minimum Gasteiger partial charge on any atom is -0.383 e. The number of hydrogen-bond donors (Lipinski definition) is 1. The van der Waals surface area contributed by atoms with Gasteiger partial charge >= 0.3 is 0 Å². The molecule has 3 rings (SSSR count). The molecule has 1 aromatic carbocycles. The number of benzene rings is 1. The zero-order valence-corrected chi connectivity index (χ0v) is 14.3. The van der Waals surface area contributed by atoms with Crippen LogP contribution in [-0.4, -0.2) is 9.91 Å². The molecule has 2 aromatic rings. The number of nitriles is 1. The highest BCUT2D eigenvalue weighted by Gasteiger charge is 2.23. The first-order valence-corrected chi connectivity index (χ1v) is 8.56. The van der Waals surface area contributed by atoms with Gasteiger partial charge in [0, 0.05) is 34.0 Å². The lowest BCUT2D eigenvalue weighted by molar-refractivity contribution is -0.384. The van der Waals surface area contributed by atoms with Crippen LogP contribution in [-0.2, 0) is 12.8 Å². The molecule has 128 valence electrons. The minimum atomic E-state index is -0.472. The summed E-state index contributed by atoms with van der Waals surface area (Å²) >= 11 is 6.34. The molecule has 2 N–H and O–H groups in total. The average molecular weight is 357 g/mol. The Balaban J connectivity index is 2.33. The van der Waals surface area contributed by atoms with E-state index < -0.39 is 4.92 Å². The number of rotatable bonds is 2. The summed E-state index contributed by atoms with van der Waals surface area (Å²) in [5, 5.41) is 21.1. The molecule has 1 aromatic heterocycles. The van der Waals surface area contributed by atoms with Gasteiger partial charge in [0.25, 0.3) is 5.69 Å². The zero-order chi connectivity index (χ0) is 18.0. The van der Waals surface area contributed by atoms with Crippen LogP contribution in [0.3, 0.4) is 0 Å². The largest absolute Gasteiger partial charge is 0.383 e. The minimum absolute atomic E-state index is 0.0710. The van der Waals surface area contributed by atoms with E-state index in [9.17, 15) is 15.4 Å². The number of pyridine rings is 1. The molecule has 6 nitrogen and oxygen atoms in total. The number of nitrogens with two attached hydrogens (primary N) is 1. The molecule has 1 heterocycles. The molecule has 25 heavy (non-hydrogen) atoms. The molecule has 0 atom stereocenters. The highest BCUT2D eigenvalue weighted by Crippen LogP contribution is 2.39. The fraction of sp³-hybridized carbons (Fsp3) is 0.333. The number of hydrogen-bond acceptors (Lipinski definition) is 5.